The molecule has 0 amide bonds. The van der Waals surface area contributed by atoms with E-state index >= 15 is 0 Å². The third kappa shape index (κ3) is 5.85. The number of esters is 2. The predicted molar refractivity (Wildman–Crippen MR) is 86.1 cm³/mol. The Bertz CT molecular complexity index is 861. The average Bonchev–Trinajstić information content (AvgIpc) is 2.57. The van der Waals surface area contributed by atoms with Gasteiger partial charge in [-0.1, -0.05) is 6.92 Å². The molecule has 29 heavy (non-hydrogen) atoms. The second kappa shape index (κ2) is 8.22. The van der Waals surface area contributed by atoms with Gasteiger partial charge in [-0.25, -0.2) is 13.2 Å². The molecule has 1 rings (SSSR count). The van der Waals surface area contributed by atoms with Crippen molar-refractivity contribution in [1.29, 1.82) is 0 Å². The summed E-state index contributed by atoms with van der Waals surface area (Å²) in [5.74, 6) is -2.69. The zero-order valence-electron chi connectivity index (χ0n) is 15.2. The van der Waals surface area contributed by atoms with Gasteiger partial charge in [-0.05, 0) is 44.5 Å². The molecule has 164 valence electrons. The Morgan fingerprint density at radius 1 is 1.07 bits per heavy atom. The van der Waals surface area contributed by atoms with E-state index in [0.29, 0.717) is 6.42 Å². The number of ether oxygens (including phenoxy) is 2. The molecule has 0 saturated carbocycles. The van der Waals surface area contributed by atoms with Crippen molar-refractivity contribution >= 4 is 22.1 Å². The van der Waals surface area contributed by atoms with E-state index in [0.717, 1.165) is 24.3 Å². The van der Waals surface area contributed by atoms with E-state index in [1.165, 1.54) is 0 Å². The molecule has 13 heteroatoms. The average molecular weight is 447 g/mol. The van der Waals surface area contributed by atoms with Crippen molar-refractivity contribution in [3.63, 3.8) is 0 Å². The maximum atomic E-state index is 13.4. The van der Waals surface area contributed by atoms with Gasteiger partial charge < -0.3 is 14.0 Å². The van der Waals surface area contributed by atoms with Crippen molar-refractivity contribution in [2.75, 3.05) is 0 Å². The first-order valence-electron chi connectivity index (χ1n) is 7.86. The summed E-state index contributed by atoms with van der Waals surface area (Å²) in [6.07, 6.45) is -10.1. The highest BCUT2D eigenvalue weighted by molar-refractivity contribution is 7.86. The van der Waals surface area contributed by atoms with Crippen LogP contribution in [0, 0.1) is 5.41 Å². The fourth-order valence-corrected chi connectivity index (χ4v) is 2.12. The SMILES string of the molecule is CCC(C)(C)C(=O)Oc1ccc(C(=O)OC(C(F)(F)F)C(F)(F)S(=O)(=O)[O-])cc1. The molecule has 0 saturated heterocycles. The Hall–Kier alpha value is -2.28. The third-order valence-electron chi connectivity index (χ3n) is 3.90. The number of halogens is 5. The highest BCUT2D eigenvalue weighted by atomic mass is 32.2. The van der Waals surface area contributed by atoms with Crippen molar-refractivity contribution in [3.05, 3.63) is 29.8 Å². The summed E-state index contributed by atoms with van der Waals surface area (Å²) in [7, 11) is -6.79. The van der Waals surface area contributed by atoms with Crippen LogP contribution >= 0.6 is 0 Å². The number of alkyl halides is 5. The summed E-state index contributed by atoms with van der Waals surface area (Å²) in [6, 6.07) is 3.60. The second-order valence-electron chi connectivity index (χ2n) is 6.49. The van der Waals surface area contributed by atoms with Crippen LogP contribution in [-0.4, -0.2) is 42.4 Å². The monoisotopic (exact) mass is 447 g/mol. The Labute approximate surface area is 162 Å². The fourth-order valence-electron chi connectivity index (χ4n) is 1.68. The number of carbonyl (C=O) groups is 2. The molecule has 7 nitrogen and oxygen atoms in total. The lowest BCUT2D eigenvalue weighted by Crippen LogP contribution is -2.52. The van der Waals surface area contributed by atoms with Gasteiger partial charge in [-0.3, -0.25) is 4.79 Å². The van der Waals surface area contributed by atoms with E-state index in [1.54, 1.807) is 20.8 Å². The van der Waals surface area contributed by atoms with Gasteiger partial charge in [0.15, 0.2) is 10.1 Å². The summed E-state index contributed by atoms with van der Waals surface area (Å²) in [5.41, 5.74) is -1.53. The van der Waals surface area contributed by atoms with E-state index in [2.05, 4.69) is 4.74 Å². The smallest absolute Gasteiger partial charge is 0.432 e. The fraction of sp³-hybridized carbons (Fsp3) is 0.500. The standard InChI is InChI=1S/C16H17F5O7S/c1-4-14(2,3)13(23)27-10-7-5-9(6-8-10)11(22)28-12(15(17,18)19)16(20,21)29(24,25)26/h5-8,12H,4H2,1-3H3,(H,24,25,26)/p-1. The van der Waals surface area contributed by atoms with Crippen LogP contribution in [-0.2, 0) is 19.6 Å². The third-order valence-corrected chi connectivity index (χ3v) is 4.78. The second-order valence-corrected chi connectivity index (χ2v) is 7.95. The Kier molecular flexibility index (Phi) is 7.02. The molecule has 0 bridgehead atoms. The number of hydrogen-bond acceptors (Lipinski definition) is 7. The molecular formula is C16H16F5O7S-. The number of hydrogen-bond donors (Lipinski definition) is 0. The molecule has 1 unspecified atom stereocenters. The van der Waals surface area contributed by atoms with Gasteiger partial charge in [0.2, 0.25) is 0 Å². The predicted octanol–water partition coefficient (Wildman–Crippen LogP) is 3.25. The summed E-state index contributed by atoms with van der Waals surface area (Å²) in [4.78, 5) is 23.7. The molecule has 0 aliphatic carbocycles. The molecule has 0 heterocycles. The lowest BCUT2D eigenvalue weighted by molar-refractivity contribution is -0.248. The molecule has 0 fully saturated rings. The van der Waals surface area contributed by atoms with Crippen molar-refractivity contribution in [1.82, 2.24) is 0 Å². The molecular weight excluding hydrogens is 431 g/mol. The Balaban J connectivity index is 3.05. The van der Waals surface area contributed by atoms with Gasteiger partial charge >= 0.3 is 23.4 Å². The van der Waals surface area contributed by atoms with E-state index in [4.69, 9.17) is 4.74 Å². The van der Waals surface area contributed by atoms with E-state index in [1.807, 2.05) is 0 Å². The van der Waals surface area contributed by atoms with Gasteiger partial charge in [-0.2, -0.15) is 22.0 Å². The lowest BCUT2D eigenvalue weighted by Gasteiger charge is -2.29. The molecule has 0 aromatic heterocycles. The van der Waals surface area contributed by atoms with Crippen LogP contribution in [0.4, 0.5) is 22.0 Å². The summed E-state index contributed by atoms with van der Waals surface area (Å²) >= 11 is 0. The van der Waals surface area contributed by atoms with Crippen molar-refractivity contribution in [3.8, 4) is 5.75 Å². The molecule has 0 N–H and O–H groups in total. The molecule has 0 aliphatic heterocycles. The van der Waals surface area contributed by atoms with Crippen LogP contribution in [0.1, 0.15) is 37.6 Å². The largest absolute Gasteiger partial charge is 0.743 e. The molecule has 1 aromatic rings. The summed E-state index contributed by atoms with van der Waals surface area (Å²) in [5, 5.41) is -5.94. The number of benzene rings is 1. The molecule has 0 aliphatic rings. The molecule has 0 spiro atoms. The van der Waals surface area contributed by atoms with Crippen molar-refractivity contribution in [2.45, 2.75) is 44.7 Å². The first-order chi connectivity index (χ1) is 12.9. The van der Waals surface area contributed by atoms with Gasteiger partial charge in [0.1, 0.15) is 5.75 Å². The zero-order valence-corrected chi connectivity index (χ0v) is 16.1. The minimum Gasteiger partial charge on any atom is -0.743 e. The van der Waals surface area contributed by atoms with Gasteiger partial charge in [0.05, 0.1) is 11.0 Å². The lowest BCUT2D eigenvalue weighted by atomic mass is 9.91. The van der Waals surface area contributed by atoms with Crippen LogP contribution in [0.25, 0.3) is 0 Å². The quantitative estimate of drug-likeness (QED) is 0.273. The van der Waals surface area contributed by atoms with Gasteiger partial charge in [0.25, 0.3) is 6.10 Å². The Morgan fingerprint density at radius 3 is 1.93 bits per heavy atom. The van der Waals surface area contributed by atoms with E-state index < -0.39 is 50.6 Å². The zero-order chi connectivity index (χ0) is 22.8. The van der Waals surface area contributed by atoms with Gasteiger partial charge in [-0.15, -0.1) is 0 Å². The highest BCUT2D eigenvalue weighted by Gasteiger charge is 2.63. The Morgan fingerprint density at radius 2 is 1.55 bits per heavy atom. The molecule has 1 atom stereocenters. The van der Waals surface area contributed by atoms with Crippen LogP contribution in [0.15, 0.2) is 24.3 Å². The minimum atomic E-state index is -6.79. The van der Waals surface area contributed by atoms with Crippen molar-refractivity contribution in [2.24, 2.45) is 5.41 Å². The first-order valence-corrected chi connectivity index (χ1v) is 9.27. The maximum Gasteiger partial charge on any atom is 0.432 e. The summed E-state index contributed by atoms with van der Waals surface area (Å²) in [6.45, 7) is 4.93. The van der Waals surface area contributed by atoms with E-state index in [9.17, 15) is 44.5 Å². The first kappa shape index (κ1) is 24.8. The topological polar surface area (TPSA) is 110 Å². The van der Waals surface area contributed by atoms with Gasteiger partial charge in [0, 0.05) is 0 Å². The number of carbonyl (C=O) groups excluding carboxylic acids is 2. The summed E-state index contributed by atoms with van der Waals surface area (Å²) < 4.78 is 105. The highest BCUT2D eigenvalue weighted by Crippen LogP contribution is 2.38. The maximum absolute atomic E-state index is 13.4. The molecule has 1 aromatic carbocycles. The van der Waals surface area contributed by atoms with Crippen LogP contribution in [0.5, 0.6) is 5.75 Å². The minimum absolute atomic E-state index is 0.0899. The van der Waals surface area contributed by atoms with Crippen LogP contribution in [0.2, 0.25) is 0 Å². The number of rotatable bonds is 7. The molecule has 0 radical (unpaired) electrons. The van der Waals surface area contributed by atoms with Crippen LogP contribution < -0.4 is 4.74 Å². The van der Waals surface area contributed by atoms with Crippen molar-refractivity contribution < 1.29 is 54.0 Å². The van der Waals surface area contributed by atoms with Crippen LogP contribution in [0.3, 0.4) is 0 Å². The normalized spacial score (nSPS) is 14.2. The van der Waals surface area contributed by atoms with E-state index in [-0.39, 0.29) is 5.75 Å².